The van der Waals surface area contributed by atoms with E-state index in [0.717, 1.165) is 30.8 Å². The Balaban J connectivity index is 0.796. The normalized spacial score (nSPS) is 17.0. The smallest absolute Gasteiger partial charge is 0.264 e. The lowest BCUT2D eigenvalue weighted by atomic mass is 10.0. The van der Waals surface area contributed by atoms with Crippen LogP contribution < -0.4 is 16.0 Å². The lowest BCUT2D eigenvalue weighted by Crippen LogP contribution is -2.54. The highest BCUT2D eigenvalue weighted by atomic mass is 16.6. The highest BCUT2D eigenvalue weighted by Crippen LogP contribution is 2.32. The first-order valence-electron chi connectivity index (χ1n) is 21.8. The first-order chi connectivity index (χ1) is 30.6. The summed E-state index contributed by atoms with van der Waals surface area (Å²) in [7, 11) is 0. The number of carbonyl (C=O) groups excluding carboxylic acids is 4. The molecule has 20 nitrogen and oxygen atoms in total. The van der Waals surface area contributed by atoms with E-state index in [-0.39, 0.29) is 24.0 Å². The highest BCUT2D eigenvalue weighted by Gasteiger charge is 2.45. The van der Waals surface area contributed by atoms with Crippen LogP contribution in [0, 0.1) is 0 Å². The molecule has 0 bridgehead atoms. The molecule has 352 valence electrons. The van der Waals surface area contributed by atoms with Crippen LogP contribution in [0.25, 0.3) is 0 Å². The summed E-state index contributed by atoms with van der Waals surface area (Å²) in [5, 5.41) is 8.66. The second-order valence-corrected chi connectivity index (χ2v) is 14.2. The van der Waals surface area contributed by atoms with Crippen molar-refractivity contribution in [2.24, 2.45) is 0 Å². The van der Waals surface area contributed by atoms with Crippen molar-refractivity contribution in [2.75, 3.05) is 177 Å². The number of piperidine rings is 2. The molecule has 3 heterocycles. The Kier molecular flexibility index (Phi) is 27.6. The maximum atomic E-state index is 13.2. The summed E-state index contributed by atoms with van der Waals surface area (Å²) in [6, 6.07) is 3.90. The van der Waals surface area contributed by atoms with Crippen LogP contribution in [-0.2, 0) is 66.4 Å². The highest BCUT2D eigenvalue weighted by molar-refractivity contribution is 6.25. The summed E-state index contributed by atoms with van der Waals surface area (Å²) in [5.41, 5.74) is 0.905. The van der Waals surface area contributed by atoms with Crippen molar-refractivity contribution in [3.8, 4) is 0 Å². The molecule has 62 heavy (non-hydrogen) atoms. The number of hydrogen-bond donors (Lipinski definition) is 3. The van der Waals surface area contributed by atoms with Gasteiger partial charge in [-0.05, 0) is 44.5 Å². The largest absolute Gasteiger partial charge is 0.382 e. The van der Waals surface area contributed by atoms with Gasteiger partial charge in [-0.15, -0.1) is 0 Å². The zero-order chi connectivity index (χ0) is 43.7. The molecule has 2 saturated heterocycles. The van der Waals surface area contributed by atoms with Crippen molar-refractivity contribution in [1.82, 2.24) is 15.5 Å². The molecule has 3 aliphatic heterocycles. The van der Waals surface area contributed by atoms with Crippen LogP contribution in [0.5, 0.6) is 0 Å². The first-order valence-corrected chi connectivity index (χ1v) is 21.8. The molecule has 2 fully saturated rings. The van der Waals surface area contributed by atoms with Gasteiger partial charge in [0.1, 0.15) is 6.04 Å². The molecule has 20 heteroatoms. The van der Waals surface area contributed by atoms with E-state index >= 15 is 0 Å². The van der Waals surface area contributed by atoms with Gasteiger partial charge in [0.05, 0.1) is 169 Å². The number of nitrogens with zero attached hydrogens (tertiary/aromatic N) is 1. The number of carbonyl (C=O) groups is 4. The molecule has 4 amide bonds. The number of rotatable bonds is 39. The predicted octanol–water partition coefficient (Wildman–Crippen LogP) is 0.451. The van der Waals surface area contributed by atoms with E-state index in [1.165, 1.54) is 0 Å². The summed E-state index contributed by atoms with van der Waals surface area (Å²) in [4.78, 5) is 50.9. The first kappa shape index (κ1) is 51.4. The van der Waals surface area contributed by atoms with Gasteiger partial charge in [-0.2, -0.15) is 0 Å². The van der Waals surface area contributed by atoms with Gasteiger partial charge in [0.25, 0.3) is 11.8 Å². The van der Waals surface area contributed by atoms with Gasteiger partial charge in [-0.1, -0.05) is 6.07 Å². The average Bonchev–Trinajstić information content (AvgIpc) is 3.53. The van der Waals surface area contributed by atoms with E-state index in [9.17, 15) is 19.2 Å². The number of benzene rings is 1. The minimum absolute atomic E-state index is 0.0646. The van der Waals surface area contributed by atoms with Crippen LogP contribution in [0.3, 0.4) is 0 Å². The molecule has 1 aromatic carbocycles. The van der Waals surface area contributed by atoms with Gasteiger partial charge in [0.15, 0.2) is 0 Å². The number of hydrogen-bond acceptors (Lipinski definition) is 18. The summed E-state index contributed by atoms with van der Waals surface area (Å²) in [6.45, 7) is 13.4. The fourth-order valence-corrected chi connectivity index (χ4v) is 6.46. The molecule has 0 saturated carbocycles. The van der Waals surface area contributed by atoms with Crippen LogP contribution >= 0.6 is 0 Å². The Morgan fingerprint density at radius 1 is 0.516 bits per heavy atom. The van der Waals surface area contributed by atoms with Crippen LogP contribution in [0.15, 0.2) is 18.2 Å². The fourth-order valence-electron chi connectivity index (χ4n) is 6.46. The van der Waals surface area contributed by atoms with E-state index in [2.05, 4.69) is 16.0 Å². The van der Waals surface area contributed by atoms with E-state index in [1.807, 2.05) is 0 Å². The van der Waals surface area contributed by atoms with Crippen molar-refractivity contribution in [2.45, 2.75) is 37.8 Å². The standard InChI is InChI=1S/C42H68N4O16/c47-38-5-4-37(40(48)45-38)46-41(49)35-2-1-3-36(39(35)42(46)50)44-10-11-51-12-13-52-14-15-53-16-17-54-18-19-55-20-21-56-22-23-57-24-25-58-26-27-59-28-29-60-30-31-61-32-33-62-34-6-8-43-9-7-34/h1-3,34,37,43-44H,4-33H2,(H,45,47,48). The van der Waals surface area contributed by atoms with Crippen LogP contribution in [-0.4, -0.2) is 212 Å². The number of ether oxygens (including phenoxy) is 12. The SMILES string of the molecule is O=C1CCC(N2C(=O)c3cccc(NCCOCCOCCOCCOCCOCCOCCOCCOCCOCCOCCOCCOC4CCNCC4)c3C2=O)C(=O)N1. The van der Waals surface area contributed by atoms with E-state index < -0.39 is 29.7 Å². The zero-order valence-electron chi connectivity index (χ0n) is 36.1. The summed E-state index contributed by atoms with van der Waals surface area (Å²) in [6.07, 6.45) is 2.66. The van der Waals surface area contributed by atoms with Crippen molar-refractivity contribution >= 4 is 29.3 Å². The van der Waals surface area contributed by atoms with Crippen LogP contribution in [0.4, 0.5) is 5.69 Å². The van der Waals surface area contributed by atoms with E-state index in [1.54, 1.807) is 18.2 Å². The number of anilines is 1. The fraction of sp³-hybridized carbons (Fsp3) is 0.762. The Morgan fingerprint density at radius 2 is 0.935 bits per heavy atom. The number of amides is 4. The average molecular weight is 885 g/mol. The summed E-state index contributed by atoms with van der Waals surface area (Å²) in [5.74, 6) is -2.17. The Morgan fingerprint density at radius 3 is 1.37 bits per heavy atom. The third-order valence-corrected chi connectivity index (χ3v) is 9.62. The minimum Gasteiger partial charge on any atom is -0.382 e. The second kappa shape index (κ2) is 33.3. The molecule has 0 aliphatic carbocycles. The molecule has 3 aliphatic rings. The van der Waals surface area contributed by atoms with Gasteiger partial charge >= 0.3 is 0 Å². The second-order valence-electron chi connectivity index (χ2n) is 14.2. The molecule has 0 aromatic heterocycles. The third-order valence-electron chi connectivity index (χ3n) is 9.62. The molecule has 3 N–H and O–H groups in total. The maximum Gasteiger partial charge on any atom is 0.264 e. The van der Waals surface area contributed by atoms with Crippen LogP contribution in [0.1, 0.15) is 46.4 Å². The number of fused-ring (bicyclic) bond motifs is 1. The van der Waals surface area contributed by atoms with Crippen LogP contribution in [0.2, 0.25) is 0 Å². The van der Waals surface area contributed by atoms with Crippen molar-refractivity contribution in [3.63, 3.8) is 0 Å². The Labute approximate surface area is 364 Å². The summed E-state index contributed by atoms with van der Waals surface area (Å²) >= 11 is 0. The number of nitrogens with one attached hydrogen (secondary N) is 3. The van der Waals surface area contributed by atoms with E-state index in [4.69, 9.17) is 56.8 Å². The molecule has 1 aromatic rings. The maximum absolute atomic E-state index is 13.2. The van der Waals surface area contributed by atoms with Gasteiger partial charge in [-0.3, -0.25) is 29.4 Å². The Bertz CT molecular complexity index is 1400. The Hall–Kier alpha value is -3.22. The predicted molar refractivity (Wildman–Crippen MR) is 222 cm³/mol. The number of imide groups is 2. The minimum atomic E-state index is -1.01. The van der Waals surface area contributed by atoms with Crippen molar-refractivity contribution in [1.29, 1.82) is 0 Å². The topological polar surface area (TPSA) is 218 Å². The van der Waals surface area contributed by atoms with Gasteiger partial charge < -0.3 is 67.5 Å². The molecular formula is C42H68N4O16. The van der Waals surface area contributed by atoms with Gasteiger partial charge in [0, 0.05) is 18.7 Å². The van der Waals surface area contributed by atoms with E-state index in [0.29, 0.717) is 170 Å². The van der Waals surface area contributed by atoms with Crippen molar-refractivity contribution in [3.05, 3.63) is 29.3 Å². The zero-order valence-corrected chi connectivity index (χ0v) is 36.1. The van der Waals surface area contributed by atoms with Gasteiger partial charge in [-0.25, -0.2) is 0 Å². The molecule has 0 radical (unpaired) electrons. The lowest BCUT2D eigenvalue weighted by molar-refractivity contribution is -0.136. The monoisotopic (exact) mass is 884 g/mol. The third kappa shape index (κ3) is 21.0. The molecule has 0 spiro atoms. The summed E-state index contributed by atoms with van der Waals surface area (Å²) < 4.78 is 66.5. The molecule has 1 unspecified atom stereocenters. The van der Waals surface area contributed by atoms with Crippen molar-refractivity contribution < 1.29 is 76.0 Å². The van der Waals surface area contributed by atoms with Gasteiger partial charge in [0.2, 0.25) is 11.8 Å². The molecule has 4 rings (SSSR count). The molecular weight excluding hydrogens is 816 g/mol. The molecule has 1 atom stereocenters. The lowest BCUT2D eigenvalue weighted by Gasteiger charge is -2.27. The quantitative estimate of drug-likeness (QED) is 0.0604.